The maximum Gasteiger partial charge on any atom is 0.305 e. The Morgan fingerprint density at radius 1 is 0.467 bits per heavy atom. The summed E-state index contributed by atoms with van der Waals surface area (Å²) in [4.78, 5) is 23.4. The molecule has 0 spiro atoms. The first-order valence-corrected chi connectivity index (χ1v) is 37.0. The molecule has 1 aliphatic carbocycles. The van der Waals surface area contributed by atoms with Gasteiger partial charge < -0.3 is 52.8 Å². The number of rotatable bonds is 46. The highest BCUT2D eigenvalue weighted by Gasteiger charge is 2.46. The summed E-state index contributed by atoms with van der Waals surface area (Å²) in [5.74, 6) is 3.93. The number of carbonyl (C=O) groups excluding carboxylic acids is 1. The van der Waals surface area contributed by atoms with E-state index in [9.17, 15) is 14.7 Å². The molecule has 2 aliphatic rings. The van der Waals surface area contributed by atoms with Crippen LogP contribution in [0.4, 0.5) is 0 Å². The highest BCUT2D eigenvalue weighted by Crippen LogP contribution is 2.55. The quantitative estimate of drug-likeness (QED) is 0.0275. The highest BCUT2D eigenvalue weighted by molar-refractivity contribution is 7.99. The second-order valence-corrected chi connectivity index (χ2v) is 30.2. The van der Waals surface area contributed by atoms with Crippen LogP contribution in [0, 0.1) is 5.92 Å². The third kappa shape index (κ3) is 19.2. The smallest absolute Gasteiger partial charge is 0.305 e. The molecule has 1 atom stereocenters. The van der Waals surface area contributed by atoms with Crippen LogP contribution in [0.2, 0.25) is 12.1 Å². The van der Waals surface area contributed by atoms with Crippen LogP contribution in [0.15, 0.2) is 121 Å². The van der Waals surface area contributed by atoms with Gasteiger partial charge in [-0.05, 0) is 176 Å². The van der Waals surface area contributed by atoms with Crippen LogP contribution < -0.4 is 15.1 Å². The predicted molar refractivity (Wildman–Crippen MR) is 369 cm³/mol. The summed E-state index contributed by atoms with van der Waals surface area (Å²) in [6.45, 7) is 8.37. The third-order valence-electron chi connectivity index (χ3n) is 17.7. The third-order valence-corrected chi connectivity index (χ3v) is 25.1. The topological polar surface area (TPSA) is 158 Å². The molecule has 1 heterocycles. The van der Waals surface area contributed by atoms with Gasteiger partial charge in [-0.25, -0.2) is 0 Å². The second kappa shape index (κ2) is 37.5. The van der Waals surface area contributed by atoms with Crippen molar-refractivity contribution in [2.45, 2.75) is 88.8 Å². The van der Waals surface area contributed by atoms with Crippen LogP contribution in [0.5, 0.6) is 5.75 Å². The summed E-state index contributed by atoms with van der Waals surface area (Å²) in [5.41, 5.74) is 15.7. The Kier molecular flexibility index (Phi) is 29.4. The van der Waals surface area contributed by atoms with Gasteiger partial charge in [-0.3, -0.25) is 9.59 Å². The van der Waals surface area contributed by atoms with E-state index < -0.39 is 14.0 Å². The predicted octanol–water partition coefficient (Wildman–Crippen LogP) is 13.3. The van der Waals surface area contributed by atoms with E-state index in [1.807, 2.05) is 54.7 Å². The van der Waals surface area contributed by atoms with E-state index in [-0.39, 0.29) is 36.8 Å². The summed E-state index contributed by atoms with van der Waals surface area (Å²) >= 11 is 4.01. The molecule has 0 aromatic heterocycles. The lowest BCUT2D eigenvalue weighted by atomic mass is 9.70. The van der Waals surface area contributed by atoms with Crippen LogP contribution in [-0.4, -0.2) is 167 Å². The number of hydrogen-bond acceptors (Lipinski definition) is 14. The van der Waals surface area contributed by atoms with E-state index in [0.717, 1.165) is 97.2 Å². The maximum absolute atomic E-state index is 12.7. The van der Waals surface area contributed by atoms with Crippen molar-refractivity contribution in [3.63, 3.8) is 0 Å². The average Bonchev–Trinajstić information content (AvgIpc) is 1.57. The van der Waals surface area contributed by atoms with Gasteiger partial charge in [-0.2, -0.15) is 23.5 Å². The largest absolute Gasteiger partial charge is 0.491 e. The molecule has 0 amide bonds. The zero-order chi connectivity index (χ0) is 63.4. The fraction of sp³-hybridized carbons (Fsp3) is 0.486. The lowest BCUT2D eigenvalue weighted by Crippen LogP contribution is -2.55. The molecule has 1 aliphatic heterocycles. The Balaban J connectivity index is 1.10. The Morgan fingerprint density at radius 2 is 0.911 bits per heavy atom. The molecule has 8 rings (SSSR count). The maximum atomic E-state index is 12.7. The number of fused-ring (bicyclic) bond motifs is 6. The standard InChI is InChI=1S/C74H96O13S2Si/c1-55(26-33-85-35-28-73(77)78)70(76)27-34-86-40-41-87-63-20-14-58(15-21-63)59-16-22-64-65-23-17-60(51-69(65)74(68(64)50-59,29-6-31-83-38-36-79-2)30-7-32-84-39-37-80-3)62-19-25-67-66-24-18-61(57-12-10-56(54-75)11-13-57)52-71(66)90(72(67)53-62,48-8-44-88-46-42-81-4)49-9-45-89-47-43-82-5/h10-25,50-53,55,75H,6-9,26-49,54H2,1-5H3,(H,77,78). The van der Waals surface area contributed by atoms with E-state index in [1.54, 1.807) is 38.8 Å². The summed E-state index contributed by atoms with van der Waals surface area (Å²) < 4.78 is 51.4. The molecule has 1 unspecified atom stereocenters. The number of aliphatic hydroxyl groups excluding tert-OH is 1. The minimum absolute atomic E-state index is 0.0258. The molecule has 0 fully saturated rings. The number of carboxylic acids is 1. The minimum atomic E-state index is -2.40. The van der Waals surface area contributed by atoms with Gasteiger partial charge >= 0.3 is 5.97 Å². The molecule has 16 heteroatoms. The van der Waals surface area contributed by atoms with Gasteiger partial charge in [0.25, 0.3) is 0 Å². The average molecular weight is 1290 g/mol. The number of hydrogen-bond donors (Lipinski definition) is 2. The SMILES string of the molecule is COCCOCCCC1(CCCOCCOC)c2cc(-c3ccc(OCCOCCC(=O)C(C)CCOCCC(=O)O)cc3)ccc2-c2ccc(-c3ccc4c(c3)[Si](CCCSCCOC)(CCCSCCOC)c3cc(-c5ccc(CO)cc5)ccc3-4)cc21. The van der Waals surface area contributed by atoms with Crippen LogP contribution >= 0.6 is 23.5 Å². The number of ketones is 1. The van der Waals surface area contributed by atoms with Crippen molar-refractivity contribution in [2.75, 3.05) is 137 Å². The number of methoxy groups -OCH3 is 4. The van der Waals surface area contributed by atoms with Crippen molar-refractivity contribution in [3.8, 4) is 61.4 Å². The molecule has 90 heavy (non-hydrogen) atoms. The van der Waals surface area contributed by atoms with Gasteiger partial charge in [0.1, 0.15) is 26.2 Å². The first-order chi connectivity index (χ1) is 44.1. The molecule has 0 saturated carbocycles. The van der Waals surface area contributed by atoms with Crippen molar-refractivity contribution in [3.05, 3.63) is 138 Å². The van der Waals surface area contributed by atoms with Gasteiger partial charge in [-0.15, -0.1) is 0 Å². The fourth-order valence-corrected chi connectivity index (χ4v) is 20.6. The Labute approximate surface area is 544 Å². The number of carboxylic acid groups (broad SMARTS) is 1. The molecular weight excluding hydrogens is 1190 g/mol. The monoisotopic (exact) mass is 1280 g/mol. The number of Topliss-reactive ketones (excluding diaryl/α,β-unsaturated/α-hetero) is 1. The van der Waals surface area contributed by atoms with Crippen molar-refractivity contribution >= 4 is 53.7 Å². The summed E-state index contributed by atoms with van der Waals surface area (Å²) in [7, 11) is 4.61. The molecule has 2 N–H and O–H groups in total. The first kappa shape index (κ1) is 70.7. The van der Waals surface area contributed by atoms with Crippen LogP contribution in [0.25, 0.3) is 55.6 Å². The Hall–Kier alpha value is -5.18. The van der Waals surface area contributed by atoms with Gasteiger partial charge in [0.2, 0.25) is 0 Å². The molecule has 0 radical (unpaired) electrons. The van der Waals surface area contributed by atoms with Crippen molar-refractivity contribution in [2.24, 2.45) is 5.92 Å². The van der Waals surface area contributed by atoms with Gasteiger partial charge in [0, 0.05) is 77.5 Å². The molecule has 13 nitrogen and oxygen atoms in total. The van der Waals surface area contributed by atoms with Gasteiger partial charge in [0.15, 0.2) is 0 Å². The minimum Gasteiger partial charge on any atom is -0.491 e. The molecule has 0 bridgehead atoms. The Bertz CT molecular complexity index is 3120. The van der Waals surface area contributed by atoms with Crippen molar-refractivity contribution < 1.29 is 62.4 Å². The van der Waals surface area contributed by atoms with E-state index in [1.165, 1.54) is 67.7 Å². The number of carbonyl (C=O) groups is 2. The number of aliphatic hydroxyl groups is 1. The molecular formula is C74H96O13S2Si. The Morgan fingerprint density at radius 3 is 1.43 bits per heavy atom. The summed E-state index contributed by atoms with van der Waals surface area (Å²) in [6.07, 6.45) is 6.60. The molecule has 0 saturated heterocycles. The number of thioether (sulfide) groups is 2. The fourth-order valence-electron chi connectivity index (χ4n) is 12.9. The van der Waals surface area contributed by atoms with Crippen LogP contribution in [-0.2, 0) is 59.5 Å². The van der Waals surface area contributed by atoms with E-state index in [0.29, 0.717) is 78.9 Å². The normalized spacial score (nSPS) is 13.7. The lowest BCUT2D eigenvalue weighted by Gasteiger charge is -2.33. The summed E-state index contributed by atoms with van der Waals surface area (Å²) in [5, 5.41) is 21.9. The van der Waals surface area contributed by atoms with Crippen molar-refractivity contribution in [1.82, 2.24) is 0 Å². The highest BCUT2D eigenvalue weighted by atomic mass is 32.2. The number of ether oxygens (including phenoxy) is 9. The summed E-state index contributed by atoms with van der Waals surface area (Å²) in [6, 6.07) is 48.1. The lowest BCUT2D eigenvalue weighted by molar-refractivity contribution is -0.138. The van der Waals surface area contributed by atoms with E-state index in [4.69, 9.17) is 47.7 Å². The molecule has 486 valence electrons. The van der Waals surface area contributed by atoms with Crippen LogP contribution in [0.1, 0.15) is 81.4 Å². The number of aliphatic carboxylic acids is 1. The van der Waals surface area contributed by atoms with Gasteiger partial charge in [-0.1, -0.05) is 104 Å². The van der Waals surface area contributed by atoms with Gasteiger partial charge in [0.05, 0.1) is 72.5 Å². The molecule has 6 aromatic carbocycles. The first-order valence-electron chi connectivity index (χ1n) is 32.3. The van der Waals surface area contributed by atoms with Crippen LogP contribution in [0.3, 0.4) is 0 Å². The van der Waals surface area contributed by atoms with E-state index >= 15 is 0 Å². The second-order valence-electron chi connectivity index (χ2n) is 23.5. The zero-order valence-corrected chi connectivity index (χ0v) is 56.5. The van der Waals surface area contributed by atoms with Crippen molar-refractivity contribution in [1.29, 1.82) is 0 Å². The van der Waals surface area contributed by atoms with E-state index in [2.05, 4.69) is 97.1 Å². The molecule has 6 aromatic rings. The number of benzene rings is 6. The zero-order valence-electron chi connectivity index (χ0n) is 53.8.